The summed E-state index contributed by atoms with van der Waals surface area (Å²) in [4.78, 5) is 10.9. The standard InChI is InChI=1S/C7H6OS.Ni/c8-6-9-7-4-2-1-3-5-7;/h1-6H;. The maximum absolute atomic E-state index is 9.94. The Morgan fingerprint density at radius 1 is 1.20 bits per heavy atom. The van der Waals surface area contributed by atoms with E-state index in [1.807, 2.05) is 30.3 Å². The van der Waals surface area contributed by atoms with Gasteiger partial charge in [-0.25, -0.2) is 0 Å². The molecule has 0 unspecified atom stereocenters. The van der Waals surface area contributed by atoms with Crippen LogP contribution in [0.15, 0.2) is 35.2 Å². The van der Waals surface area contributed by atoms with Crippen LogP contribution < -0.4 is 0 Å². The van der Waals surface area contributed by atoms with Crippen molar-refractivity contribution in [2.75, 3.05) is 0 Å². The Balaban J connectivity index is 0.000000810. The summed E-state index contributed by atoms with van der Waals surface area (Å²) in [6.07, 6.45) is 0. The maximum atomic E-state index is 9.94. The summed E-state index contributed by atoms with van der Waals surface area (Å²) in [6, 6.07) is 9.55. The van der Waals surface area contributed by atoms with Crippen molar-refractivity contribution in [3.8, 4) is 0 Å². The molecule has 0 spiro atoms. The van der Waals surface area contributed by atoms with Gasteiger partial charge in [-0.1, -0.05) is 30.0 Å². The minimum Gasteiger partial charge on any atom is -0.291 e. The monoisotopic (exact) mass is 196 g/mol. The molecule has 0 amide bonds. The van der Waals surface area contributed by atoms with Crippen molar-refractivity contribution in [3.63, 3.8) is 0 Å². The SMILES string of the molecule is O=CSc1ccccc1.[Ni]. The first-order valence-corrected chi connectivity index (χ1v) is 3.47. The Labute approximate surface area is 74.1 Å². The van der Waals surface area contributed by atoms with Gasteiger partial charge in [0.05, 0.1) is 0 Å². The Bertz CT molecular complexity index is 188. The van der Waals surface area contributed by atoms with E-state index >= 15 is 0 Å². The second kappa shape index (κ2) is 5.51. The first kappa shape index (κ1) is 9.73. The van der Waals surface area contributed by atoms with Crippen LogP contribution in [0.5, 0.6) is 0 Å². The van der Waals surface area contributed by atoms with E-state index < -0.39 is 0 Å². The average Bonchev–Trinajstić information content (AvgIpc) is 1.91. The molecule has 1 aromatic carbocycles. The minimum absolute atomic E-state index is 0. The van der Waals surface area contributed by atoms with Crippen molar-refractivity contribution in [1.82, 2.24) is 0 Å². The number of carbonyl (C=O) groups is 1. The summed E-state index contributed by atoms with van der Waals surface area (Å²) in [7, 11) is 0. The summed E-state index contributed by atoms with van der Waals surface area (Å²) in [5.41, 5.74) is 0.829. The van der Waals surface area contributed by atoms with E-state index in [0.29, 0.717) is 0 Å². The molecule has 0 heterocycles. The van der Waals surface area contributed by atoms with Gasteiger partial charge in [0.15, 0.2) is 5.62 Å². The van der Waals surface area contributed by atoms with E-state index in [9.17, 15) is 4.79 Å². The number of carbonyl (C=O) groups excluding carboxylic acids is 1. The van der Waals surface area contributed by atoms with Gasteiger partial charge < -0.3 is 0 Å². The third-order valence-corrected chi connectivity index (χ3v) is 1.57. The fraction of sp³-hybridized carbons (Fsp3) is 0. The summed E-state index contributed by atoms with van der Waals surface area (Å²) < 4.78 is 0. The van der Waals surface area contributed by atoms with Crippen molar-refractivity contribution in [2.45, 2.75) is 4.90 Å². The van der Waals surface area contributed by atoms with Gasteiger partial charge in [0.2, 0.25) is 0 Å². The molecule has 0 aliphatic rings. The molecule has 0 fully saturated rings. The molecule has 0 saturated heterocycles. The number of hydrogen-bond acceptors (Lipinski definition) is 2. The summed E-state index contributed by atoms with van der Waals surface area (Å²) in [6.45, 7) is 0. The van der Waals surface area contributed by atoms with Crippen LogP contribution >= 0.6 is 11.8 Å². The third-order valence-electron chi connectivity index (χ3n) is 0.927. The van der Waals surface area contributed by atoms with Crippen LogP contribution in [0, 0.1) is 0 Å². The van der Waals surface area contributed by atoms with Crippen LogP contribution in [0.2, 0.25) is 0 Å². The molecule has 0 aliphatic carbocycles. The van der Waals surface area contributed by atoms with E-state index in [1.54, 1.807) is 0 Å². The van der Waals surface area contributed by atoms with Gasteiger partial charge in [-0.05, 0) is 12.1 Å². The molecule has 1 nitrogen and oxygen atoms in total. The van der Waals surface area contributed by atoms with Crippen molar-refractivity contribution in [2.24, 2.45) is 0 Å². The molecule has 0 aliphatic heterocycles. The predicted molar refractivity (Wildman–Crippen MR) is 39.0 cm³/mol. The van der Waals surface area contributed by atoms with Gasteiger partial charge in [-0.15, -0.1) is 0 Å². The second-order valence-corrected chi connectivity index (χ2v) is 2.43. The molecule has 0 aromatic heterocycles. The number of benzene rings is 1. The Kier molecular flexibility index (Phi) is 5.37. The largest absolute Gasteiger partial charge is 0.291 e. The number of hydrogen-bond donors (Lipinski definition) is 0. The first-order valence-electron chi connectivity index (χ1n) is 2.59. The van der Waals surface area contributed by atoms with Gasteiger partial charge in [-0.2, -0.15) is 0 Å². The molecule has 0 bridgehead atoms. The Morgan fingerprint density at radius 2 is 1.80 bits per heavy atom. The molecular weight excluding hydrogens is 191 g/mol. The number of rotatable bonds is 2. The van der Waals surface area contributed by atoms with E-state index in [2.05, 4.69) is 0 Å². The summed E-state index contributed by atoms with van der Waals surface area (Å²) in [5.74, 6) is 0. The van der Waals surface area contributed by atoms with Gasteiger partial charge in [0.1, 0.15) is 0 Å². The van der Waals surface area contributed by atoms with Gasteiger partial charge in [-0.3, -0.25) is 4.79 Å². The predicted octanol–water partition coefficient (Wildman–Crippen LogP) is 1.97. The summed E-state index contributed by atoms with van der Waals surface area (Å²) >= 11 is 1.19. The van der Waals surface area contributed by atoms with Crippen LogP contribution in [0.3, 0.4) is 0 Å². The molecule has 0 N–H and O–H groups in total. The Morgan fingerprint density at radius 3 is 2.30 bits per heavy atom. The van der Waals surface area contributed by atoms with Crippen molar-refractivity contribution < 1.29 is 21.3 Å². The van der Waals surface area contributed by atoms with Crippen LogP contribution in [0.1, 0.15) is 0 Å². The first-order chi connectivity index (χ1) is 4.43. The van der Waals surface area contributed by atoms with Crippen LogP contribution in [-0.4, -0.2) is 5.62 Å². The molecule has 56 valence electrons. The quantitative estimate of drug-likeness (QED) is 0.409. The van der Waals surface area contributed by atoms with Crippen LogP contribution in [0.4, 0.5) is 0 Å². The van der Waals surface area contributed by atoms with Crippen molar-refractivity contribution in [1.29, 1.82) is 0 Å². The molecule has 10 heavy (non-hydrogen) atoms. The molecule has 1 aromatic rings. The van der Waals surface area contributed by atoms with E-state index in [4.69, 9.17) is 0 Å². The molecule has 0 atom stereocenters. The zero-order chi connectivity index (χ0) is 6.53. The van der Waals surface area contributed by atoms with Gasteiger partial charge in [0.25, 0.3) is 0 Å². The van der Waals surface area contributed by atoms with E-state index in [1.165, 1.54) is 11.8 Å². The molecule has 0 radical (unpaired) electrons. The minimum atomic E-state index is 0. The van der Waals surface area contributed by atoms with Crippen LogP contribution in [0.25, 0.3) is 0 Å². The topological polar surface area (TPSA) is 17.1 Å². The van der Waals surface area contributed by atoms with E-state index in [-0.39, 0.29) is 16.5 Å². The zero-order valence-corrected chi connectivity index (χ0v) is 6.90. The molecular formula is C7H6NiOS. The fourth-order valence-electron chi connectivity index (χ4n) is 0.555. The second-order valence-electron chi connectivity index (χ2n) is 1.53. The Hall–Kier alpha value is -0.266. The van der Waals surface area contributed by atoms with Crippen molar-refractivity contribution in [3.05, 3.63) is 30.3 Å². The molecule has 3 heteroatoms. The zero-order valence-electron chi connectivity index (χ0n) is 5.10. The third kappa shape index (κ3) is 3.04. The maximum Gasteiger partial charge on any atom is 0.180 e. The number of thioether (sulfide) groups is 1. The van der Waals surface area contributed by atoms with E-state index in [0.717, 1.165) is 10.5 Å². The molecule has 1 rings (SSSR count). The van der Waals surface area contributed by atoms with Gasteiger partial charge in [0, 0.05) is 21.4 Å². The smallest absolute Gasteiger partial charge is 0.180 e. The van der Waals surface area contributed by atoms with Gasteiger partial charge >= 0.3 is 0 Å². The summed E-state index contributed by atoms with van der Waals surface area (Å²) in [5, 5.41) is 0. The van der Waals surface area contributed by atoms with Crippen molar-refractivity contribution >= 4 is 17.4 Å². The molecule has 0 saturated carbocycles. The average molecular weight is 197 g/mol. The van der Waals surface area contributed by atoms with Crippen LogP contribution in [-0.2, 0) is 21.3 Å². The normalized spacial score (nSPS) is 8.00. The fourth-order valence-corrected chi connectivity index (χ4v) is 0.980.